The van der Waals surface area contributed by atoms with E-state index in [9.17, 15) is 193 Å². The van der Waals surface area contributed by atoms with Crippen LogP contribution < -0.4 is 21.3 Å². The Morgan fingerprint density at radius 2 is 0.386 bits per heavy atom. The van der Waals surface area contributed by atoms with Crippen LogP contribution in [0.25, 0.3) is 0 Å². The first-order valence-corrected chi connectivity index (χ1v) is 46.2. The summed E-state index contributed by atoms with van der Waals surface area (Å²) in [5.41, 5.74) is 0. The van der Waals surface area contributed by atoms with Crippen LogP contribution in [0.1, 0.15) is 27.7 Å². The molecular weight excluding hydrogens is 1990 g/mol. The number of carbonyl (C=O) groups is 4. The summed E-state index contributed by atoms with van der Waals surface area (Å²) in [5, 5.41) is 391. The lowest BCUT2D eigenvalue weighted by Gasteiger charge is -2.52. The fraction of sp³-hybridized carbons (Fsp3) is 0.950. The average Bonchev–Trinajstić information content (AvgIpc) is 0.750. The number of rotatable bonds is 38. The summed E-state index contributed by atoms with van der Waals surface area (Å²) < 4.78 is 138. The van der Waals surface area contributed by atoms with Gasteiger partial charge in [-0.15, -0.1) is 0 Å². The topological polar surface area (TPSA) is 1020 Å². The molecule has 12 rings (SSSR count). The van der Waals surface area contributed by atoms with Gasteiger partial charge in [-0.25, -0.2) is 0 Å². The normalized spacial score (nSPS) is 50.1. The first-order valence-electron chi connectivity index (χ1n) is 46.2. The number of amides is 4. The monoisotopic (exact) mass is 2130 g/mol. The van der Waals surface area contributed by atoms with E-state index in [1.807, 2.05) is 0 Å². The van der Waals surface area contributed by atoms with Gasteiger partial charge < -0.3 is 304 Å². The molecule has 0 radical (unpaired) electrons. The highest BCUT2D eigenvalue weighted by atomic mass is 16.8. The molecule has 12 heterocycles. The van der Waals surface area contributed by atoms with Crippen LogP contribution >= 0.6 is 0 Å². The largest absolute Gasteiger partial charge is 0.394 e. The number of aliphatic hydroxyl groups excluding tert-OH is 34. The van der Waals surface area contributed by atoms with E-state index in [1.165, 1.54) is 0 Å². The van der Waals surface area contributed by atoms with Crippen molar-refractivity contribution in [1.82, 2.24) is 21.3 Å². The first-order chi connectivity index (χ1) is 68.7. The molecule has 38 N–H and O–H groups in total. The van der Waals surface area contributed by atoms with E-state index < -0.39 is 471 Å². The third-order valence-corrected chi connectivity index (χ3v) is 26.7. The molecule has 12 saturated heterocycles. The maximum atomic E-state index is 13.4. The standard InChI is InChI=1S/C80H134N4O61/c1-17(95)81-33-43(105)60(138-74-54(116)47(109)37(99)21(5-85)126-74)26(10-90)130-70(33)123-15-31-41(103)51(113)67(144-72-35(83-19(3)97)45(107)62(28(12-92)132-72)140-76-56(118)49(111)39(101)23(7-87)128-76)79(136-31)124-16-32-42(104)66(59(121)78(135-32)142-64-25(9-89)125-69(122)53(115)52(64)114)143-80-68(145-73-36(84-20(4)98)46(108)63(29(13-93)133-73)141-77-57(119)50(112)40(102)24(8-88)129-77)58(120)65(30(14-94)134-80)137-71-34(82-18(2)96)44(106)61(27(11-91)131-71)139-75-55(117)48(110)38(100)22(6-86)127-75/h21-80,85-94,99-122H,5-16H2,1-4H3,(H,81,95)(H,82,96)(H,83,97)(H,84,98)/t21-,22-,23-,24-,25-,26-,27-,28-,29-,30-,31-,32-,33-,34-,35-,36-,37+,38+,39+,40+,41-,42-,43-,44-,45-,46-,47+,48+,49+,50+,51+,52-,53-,54-,55-,56-,57-,58+,59+,60-,61-,62-,63-,64-,65-,66+,67+,68+,69?,70-,71+,72+,73+,74+,75+,76+,77+,78+,79+,80-/m1/s1. The lowest BCUT2D eigenvalue weighted by Crippen LogP contribution is -2.71. The summed E-state index contributed by atoms with van der Waals surface area (Å²) in [6, 6.07) is -8.19. The summed E-state index contributed by atoms with van der Waals surface area (Å²) in [6.07, 6.45) is -123. The molecule has 0 aliphatic carbocycles. The minimum atomic E-state index is -2.75. The summed E-state index contributed by atoms with van der Waals surface area (Å²) >= 11 is 0. The highest BCUT2D eigenvalue weighted by molar-refractivity contribution is 5.74. The van der Waals surface area contributed by atoms with Crippen LogP contribution in [0.15, 0.2) is 0 Å². The minimum absolute atomic E-state index is 0.856. The van der Waals surface area contributed by atoms with E-state index in [-0.39, 0.29) is 0 Å². The number of hydrogen-bond acceptors (Lipinski definition) is 61. The highest BCUT2D eigenvalue weighted by Gasteiger charge is 2.64. The molecule has 0 aromatic carbocycles. The SMILES string of the molecule is CC(=O)N[C@H]1[C@H](OC[C@H]2O[C@H](OC[C@H]3O[C@@H](O[C@H]4[C@H](O)[C@@H](O)C(O)O[C@@H]4CO)[C@@H](O)[C@@H](O[C@H]4O[C@H](CO)[C@@H](O[C@@H]5O[C@H](CO)[C@@H](O[C@@H]6O[C@H](CO)[C@H](O)[C@H](O)[C@H]6O)[C@H](O)[C@H]5NC(C)=O)[C@H](O)[C@@H]4O[C@@H]4O[C@H](CO)[C@@H](O[C@@H]5O[C@H](CO)[C@H](O)[C@H](O)[C@H]5O)[C@H](O)[C@H]4NC(C)=O)[C@@H]3O)[C@@H](O[C@@H]3O[C@H](CO)[C@@H](O[C@@H]4O[C@H](CO)[C@H](O)[C@H](O)[C@H]4O)[C@H](O)[C@H]3NC(C)=O)[C@@H](O)[C@@H]2O)O[C@H](CO)[C@@H](O[C@@H]2O[C@H](CO)[C@H](O)[C@H](O)[C@H]2O)[C@@H]1O. The molecule has 65 heteroatoms. The van der Waals surface area contributed by atoms with Gasteiger partial charge >= 0.3 is 0 Å². The smallest absolute Gasteiger partial charge is 0.217 e. The molecule has 0 bridgehead atoms. The minimum Gasteiger partial charge on any atom is -0.394 e. The van der Waals surface area contributed by atoms with Crippen molar-refractivity contribution in [2.75, 3.05) is 79.3 Å². The lowest BCUT2D eigenvalue weighted by atomic mass is 9.93. The maximum absolute atomic E-state index is 13.4. The fourth-order valence-corrected chi connectivity index (χ4v) is 18.8. The average molecular weight is 2130 g/mol. The van der Waals surface area contributed by atoms with Gasteiger partial charge in [-0.1, -0.05) is 0 Å². The molecule has 0 saturated carbocycles. The van der Waals surface area contributed by atoms with E-state index in [0.29, 0.717) is 0 Å². The van der Waals surface area contributed by atoms with Gasteiger partial charge in [0.15, 0.2) is 75.5 Å². The van der Waals surface area contributed by atoms with Crippen molar-refractivity contribution in [2.24, 2.45) is 0 Å². The number of aliphatic hydroxyl groups is 34. The third-order valence-electron chi connectivity index (χ3n) is 26.7. The fourth-order valence-electron chi connectivity index (χ4n) is 18.8. The van der Waals surface area contributed by atoms with E-state index in [0.717, 1.165) is 27.7 Å². The molecule has 840 valence electrons. The second-order valence-electron chi connectivity index (χ2n) is 36.6. The molecule has 145 heavy (non-hydrogen) atoms. The number of carbonyl (C=O) groups excluding carboxylic acids is 4. The molecule has 1 unspecified atom stereocenters. The van der Waals surface area contributed by atoms with E-state index in [2.05, 4.69) is 21.3 Å². The summed E-state index contributed by atoms with van der Waals surface area (Å²) in [5.74, 6) is -4.10. The molecule has 12 fully saturated rings. The van der Waals surface area contributed by atoms with Crippen molar-refractivity contribution < 1.29 is 302 Å². The zero-order chi connectivity index (χ0) is 107. The van der Waals surface area contributed by atoms with E-state index in [4.69, 9.17) is 109 Å². The van der Waals surface area contributed by atoms with Crippen LogP contribution in [0, 0.1) is 0 Å². The van der Waals surface area contributed by atoms with Crippen molar-refractivity contribution >= 4 is 23.6 Å². The van der Waals surface area contributed by atoms with Gasteiger partial charge in [-0.2, -0.15) is 0 Å². The molecule has 12 aliphatic heterocycles. The Morgan fingerprint density at radius 1 is 0.179 bits per heavy atom. The van der Waals surface area contributed by atoms with Crippen LogP contribution in [0.5, 0.6) is 0 Å². The Hall–Kier alpha value is -4.40. The Labute approximate surface area is 819 Å². The van der Waals surface area contributed by atoms with Crippen molar-refractivity contribution in [3.63, 3.8) is 0 Å². The molecule has 0 aromatic rings. The third kappa shape index (κ3) is 26.2. The van der Waals surface area contributed by atoms with Gasteiger partial charge in [-0.05, 0) is 0 Å². The zero-order valence-corrected chi connectivity index (χ0v) is 77.4. The van der Waals surface area contributed by atoms with Gasteiger partial charge in [0.05, 0.1) is 79.3 Å². The van der Waals surface area contributed by atoms with Crippen LogP contribution in [-0.2, 0) is 128 Å². The van der Waals surface area contributed by atoms with Gasteiger partial charge in [0.25, 0.3) is 0 Å². The number of ether oxygens (including phenoxy) is 23. The predicted molar refractivity (Wildman–Crippen MR) is 441 cm³/mol. The highest BCUT2D eigenvalue weighted by Crippen LogP contribution is 2.43. The Balaban J connectivity index is 0.918. The number of hydrogen-bond donors (Lipinski definition) is 38. The van der Waals surface area contributed by atoms with Gasteiger partial charge in [0, 0.05) is 27.7 Å². The van der Waals surface area contributed by atoms with Crippen molar-refractivity contribution in [3.8, 4) is 0 Å². The first kappa shape index (κ1) is 119. The van der Waals surface area contributed by atoms with Gasteiger partial charge in [0.2, 0.25) is 23.6 Å². The predicted octanol–water partition coefficient (Wildman–Crippen LogP) is -26.6. The van der Waals surface area contributed by atoms with Crippen LogP contribution in [-0.4, -0.2) is 645 Å². The van der Waals surface area contributed by atoms with Crippen molar-refractivity contribution in [2.45, 2.75) is 396 Å². The second kappa shape index (κ2) is 52.2. The van der Waals surface area contributed by atoms with E-state index in [1.54, 1.807) is 0 Å². The summed E-state index contributed by atoms with van der Waals surface area (Å²) in [4.78, 5) is 52.9. The zero-order valence-electron chi connectivity index (χ0n) is 77.4. The summed E-state index contributed by atoms with van der Waals surface area (Å²) in [6.45, 7) is -10.6. The maximum Gasteiger partial charge on any atom is 0.217 e. The molecule has 60 atom stereocenters. The van der Waals surface area contributed by atoms with Crippen LogP contribution in [0.4, 0.5) is 0 Å². The van der Waals surface area contributed by atoms with Crippen LogP contribution in [0.3, 0.4) is 0 Å². The molecule has 0 spiro atoms. The molecule has 0 aromatic heterocycles. The Bertz CT molecular complexity index is 3990. The molecular formula is C80H134N4O61. The lowest BCUT2D eigenvalue weighted by molar-refractivity contribution is -0.407. The van der Waals surface area contributed by atoms with Gasteiger partial charge in [-0.3, -0.25) is 19.2 Å². The van der Waals surface area contributed by atoms with E-state index >= 15 is 0 Å². The summed E-state index contributed by atoms with van der Waals surface area (Å²) in [7, 11) is 0. The van der Waals surface area contributed by atoms with Crippen molar-refractivity contribution in [1.29, 1.82) is 0 Å². The Morgan fingerprint density at radius 3 is 0.703 bits per heavy atom. The Kier molecular flexibility index (Phi) is 42.9. The number of nitrogens with one attached hydrogen (secondary N) is 4. The van der Waals surface area contributed by atoms with Crippen molar-refractivity contribution in [3.05, 3.63) is 0 Å². The second-order valence-corrected chi connectivity index (χ2v) is 36.6. The molecule has 65 nitrogen and oxygen atoms in total. The van der Waals surface area contributed by atoms with Crippen LogP contribution in [0.2, 0.25) is 0 Å². The molecule has 12 aliphatic rings. The molecule has 4 amide bonds. The quantitative estimate of drug-likeness (QED) is 0.0273. The van der Waals surface area contributed by atoms with Gasteiger partial charge in [0.1, 0.15) is 293 Å².